The molecule has 21 heavy (non-hydrogen) atoms. The van der Waals surface area contributed by atoms with Crippen molar-refractivity contribution < 1.29 is 12.8 Å². The quantitative estimate of drug-likeness (QED) is 0.652. The summed E-state index contributed by atoms with van der Waals surface area (Å²) in [5, 5.41) is 2.99. The number of benzene rings is 1. The molecule has 1 aromatic carbocycles. The molecule has 0 aromatic heterocycles. The van der Waals surface area contributed by atoms with Crippen LogP contribution in [0, 0.1) is 5.82 Å². The van der Waals surface area contributed by atoms with Gasteiger partial charge in [0.05, 0.1) is 12.3 Å². The molecule has 0 saturated heterocycles. The molecule has 0 aliphatic carbocycles. The van der Waals surface area contributed by atoms with Crippen LogP contribution in [0.25, 0.3) is 0 Å². The summed E-state index contributed by atoms with van der Waals surface area (Å²) in [7, 11) is -3.20. The van der Waals surface area contributed by atoms with E-state index >= 15 is 0 Å². The van der Waals surface area contributed by atoms with Crippen LogP contribution < -0.4 is 11.1 Å². The Balaban J connectivity index is 2.96. The first kappa shape index (κ1) is 17.4. The largest absolute Gasteiger partial charge is 0.370 e. The molecule has 5 nitrogen and oxygen atoms in total. The lowest BCUT2D eigenvalue weighted by Crippen LogP contribution is -2.45. The minimum atomic E-state index is -3.20. The van der Waals surface area contributed by atoms with Gasteiger partial charge in [-0.25, -0.2) is 17.8 Å². The predicted molar refractivity (Wildman–Crippen MR) is 83.2 cm³/mol. The summed E-state index contributed by atoms with van der Waals surface area (Å²) >= 11 is 0. The lowest BCUT2D eigenvalue weighted by atomic mass is 10.1. The summed E-state index contributed by atoms with van der Waals surface area (Å²) in [5.74, 6) is -0.345. The highest BCUT2D eigenvalue weighted by Gasteiger charge is 2.12. The smallest absolute Gasteiger partial charge is 0.189 e. The first-order valence-electron chi connectivity index (χ1n) is 6.49. The van der Waals surface area contributed by atoms with Gasteiger partial charge in [-0.05, 0) is 44.0 Å². The van der Waals surface area contributed by atoms with E-state index in [9.17, 15) is 12.8 Å². The Kier molecular flexibility index (Phi) is 5.33. The zero-order valence-corrected chi connectivity index (χ0v) is 13.6. The first-order chi connectivity index (χ1) is 9.46. The summed E-state index contributed by atoms with van der Waals surface area (Å²) < 4.78 is 36.1. The van der Waals surface area contributed by atoms with Gasteiger partial charge in [-0.2, -0.15) is 0 Å². The zero-order valence-electron chi connectivity index (χ0n) is 12.8. The molecule has 1 rings (SSSR count). The van der Waals surface area contributed by atoms with E-state index in [-0.39, 0.29) is 23.8 Å². The molecule has 0 radical (unpaired) electrons. The summed E-state index contributed by atoms with van der Waals surface area (Å²) in [4.78, 5) is 4.13. The maximum Gasteiger partial charge on any atom is 0.189 e. The van der Waals surface area contributed by atoms with Crippen molar-refractivity contribution in [3.05, 3.63) is 35.1 Å². The van der Waals surface area contributed by atoms with Gasteiger partial charge in [0.1, 0.15) is 5.82 Å². The van der Waals surface area contributed by atoms with E-state index < -0.39 is 15.7 Å². The third-order valence-corrected chi connectivity index (χ3v) is 3.34. The third kappa shape index (κ3) is 7.08. The van der Waals surface area contributed by atoms with Gasteiger partial charge in [-0.3, -0.25) is 0 Å². The normalized spacial score (nSPS) is 13.3. The number of halogens is 1. The second kappa shape index (κ2) is 6.43. The lowest BCUT2D eigenvalue weighted by Gasteiger charge is -2.21. The third-order valence-electron chi connectivity index (χ3n) is 2.51. The van der Waals surface area contributed by atoms with E-state index in [1.165, 1.54) is 18.2 Å². The summed E-state index contributed by atoms with van der Waals surface area (Å²) in [6.07, 6.45) is 1.14. The second-order valence-electron chi connectivity index (χ2n) is 6.06. The van der Waals surface area contributed by atoms with E-state index in [1.807, 2.05) is 20.8 Å². The number of aliphatic imine (C=N–C) groups is 1. The maximum absolute atomic E-state index is 13.3. The Morgan fingerprint density at radius 3 is 2.48 bits per heavy atom. The molecule has 0 fully saturated rings. The number of nitrogens with zero attached hydrogens (tertiary/aromatic N) is 1. The van der Waals surface area contributed by atoms with Gasteiger partial charge in [-0.15, -0.1) is 0 Å². The Morgan fingerprint density at radius 2 is 1.95 bits per heavy atom. The Labute approximate surface area is 125 Å². The Bertz CT molecular complexity index is 634. The average Bonchev–Trinajstić information content (AvgIpc) is 2.25. The molecule has 0 unspecified atom stereocenters. The fraction of sp³-hybridized carbons (Fsp3) is 0.500. The van der Waals surface area contributed by atoms with Crippen molar-refractivity contribution in [3.8, 4) is 0 Å². The van der Waals surface area contributed by atoms with Gasteiger partial charge in [0, 0.05) is 11.8 Å². The van der Waals surface area contributed by atoms with E-state index in [2.05, 4.69) is 10.3 Å². The lowest BCUT2D eigenvalue weighted by molar-refractivity contribution is 0.508. The number of nitrogens with two attached hydrogens (primary N) is 1. The molecule has 0 spiro atoms. The highest BCUT2D eigenvalue weighted by molar-refractivity contribution is 7.89. The van der Waals surface area contributed by atoms with Gasteiger partial charge in [0.2, 0.25) is 0 Å². The maximum atomic E-state index is 13.3. The van der Waals surface area contributed by atoms with Crippen LogP contribution >= 0.6 is 0 Å². The molecule has 0 saturated carbocycles. The fourth-order valence-corrected chi connectivity index (χ4v) is 2.61. The Hall–Kier alpha value is -1.63. The molecule has 0 aliphatic heterocycles. The summed E-state index contributed by atoms with van der Waals surface area (Å²) in [6.45, 7) is 5.93. The molecular weight excluding hydrogens is 293 g/mol. The number of guanidine groups is 1. The zero-order chi connectivity index (χ0) is 16.3. The van der Waals surface area contributed by atoms with Crippen LogP contribution in [0.3, 0.4) is 0 Å². The number of sulfone groups is 1. The van der Waals surface area contributed by atoms with Crippen LogP contribution in [0.15, 0.2) is 23.2 Å². The number of hydrogen-bond donors (Lipinski definition) is 2. The van der Waals surface area contributed by atoms with Crippen LogP contribution in [0.2, 0.25) is 0 Å². The second-order valence-corrected chi connectivity index (χ2v) is 8.20. The standard InChI is InChI=1S/C14H22FN3O2S/c1-14(2,3)18-13(16)17-8-11-7-12(15)6-5-10(11)9-21(4,19)20/h5-7H,8-9H2,1-4H3,(H3,16,17,18). The van der Waals surface area contributed by atoms with Crippen LogP contribution in [0.5, 0.6) is 0 Å². The fourth-order valence-electron chi connectivity index (χ4n) is 1.76. The summed E-state index contributed by atoms with van der Waals surface area (Å²) in [6, 6.07) is 3.99. The van der Waals surface area contributed by atoms with Crippen molar-refractivity contribution in [2.75, 3.05) is 6.26 Å². The molecule has 0 aliphatic rings. The molecule has 0 bridgehead atoms. The average molecular weight is 315 g/mol. The van der Waals surface area contributed by atoms with Gasteiger partial charge < -0.3 is 11.1 Å². The van der Waals surface area contributed by atoms with E-state index in [4.69, 9.17) is 5.73 Å². The van der Waals surface area contributed by atoms with Crippen molar-refractivity contribution in [2.24, 2.45) is 10.7 Å². The van der Waals surface area contributed by atoms with Gasteiger partial charge in [0.15, 0.2) is 15.8 Å². The van der Waals surface area contributed by atoms with Crippen LogP contribution in [0.1, 0.15) is 31.9 Å². The molecule has 3 N–H and O–H groups in total. The van der Waals surface area contributed by atoms with E-state index in [0.717, 1.165) is 6.26 Å². The number of rotatable bonds is 4. The minimum absolute atomic E-state index is 0.123. The van der Waals surface area contributed by atoms with E-state index in [0.29, 0.717) is 11.1 Å². The molecule has 0 amide bonds. The van der Waals surface area contributed by atoms with Gasteiger partial charge in [-0.1, -0.05) is 6.07 Å². The van der Waals surface area contributed by atoms with Crippen molar-refractivity contribution in [1.82, 2.24) is 5.32 Å². The highest BCUT2D eigenvalue weighted by Crippen LogP contribution is 2.15. The highest BCUT2D eigenvalue weighted by atomic mass is 32.2. The van der Waals surface area contributed by atoms with Crippen LogP contribution in [-0.2, 0) is 22.1 Å². The predicted octanol–water partition coefficient (Wildman–Crippen LogP) is 1.57. The van der Waals surface area contributed by atoms with Crippen molar-refractivity contribution >= 4 is 15.8 Å². The molecule has 0 heterocycles. The molecule has 118 valence electrons. The first-order valence-corrected chi connectivity index (χ1v) is 8.55. The number of nitrogens with one attached hydrogen (secondary N) is 1. The topological polar surface area (TPSA) is 84.5 Å². The monoisotopic (exact) mass is 315 g/mol. The number of hydrogen-bond acceptors (Lipinski definition) is 3. The molecule has 1 aromatic rings. The van der Waals surface area contributed by atoms with Crippen molar-refractivity contribution in [3.63, 3.8) is 0 Å². The Morgan fingerprint density at radius 1 is 1.33 bits per heavy atom. The minimum Gasteiger partial charge on any atom is -0.370 e. The molecule has 7 heteroatoms. The van der Waals surface area contributed by atoms with E-state index in [1.54, 1.807) is 0 Å². The van der Waals surface area contributed by atoms with Crippen LogP contribution in [-0.4, -0.2) is 26.2 Å². The van der Waals surface area contributed by atoms with Crippen LogP contribution in [0.4, 0.5) is 4.39 Å². The summed E-state index contributed by atoms with van der Waals surface area (Å²) in [5.41, 5.74) is 6.57. The SMILES string of the molecule is CC(C)(C)NC(N)=NCc1cc(F)ccc1CS(C)(=O)=O. The molecular formula is C14H22FN3O2S. The molecule has 0 atom stereocenters. The van der Waals surface area contributed by atoms with Crippen molar-refractivity contribution in [2.45, 2.75) is 38.6 Å². The van der Waals surface area contributed by atoms with Gasteiger partial charge in [0.25, 0.3) is 0 Å². The van der Waals surface area contributed by atoms with Gasteiger partial charge >= 0.3 is 0 Å². The van der Waals surface area contributed by atoms with Crippen molar-refractivity contribution in [1.29, 1.82) is 0 Å².